The summed E-state index contributed by atoms with van der Waals surface area (Å²) in [6.45, 7) is 0.228. The van der Waals surface area contributed by atoms with Gasteiger partial charge in [0, 0.05) is 27.6 Å². The molecule has 26 heavy (non-hydrogen) atoms. The van der Waals surface area contributed by atoms with E-state index >= 15 is 0 Å². The highest BCUT2D eigenvalue weighted by molar-refractivity contribution is 7.21. The van der Waals surface area contributed by atoms with E-state index in [1.165, 1.54) is 4.88 Å². The number of aliphatic hydroxyl groups is 1. The number of benzene rings is 1. The van der Waals surface area contributed by atoms with Crippen molar-refractivity contribution in [2.24, 2.45) is 0 Å². The molecule has 0 saturated heterocycles. The zero-order chi connectivity index (χ0) is 18.4. The molecular weight excluding hydrogens is 366 g/mol. The summed E-state index contributed by atoms with van der Waals surface area (Å²) in [5.74, 6) is 0.745. The zero-order valence-electron chi connectivity index (χ0n) is 14.5. The van der Waals surface area contributed by atoms with Crippen LogP contribution in [0.1, 0.15) is 23.0 Å². The molecule has 136 valence electrons. The smallest absolute Gasteiger partial charge is 0.220 e. The largest absolute Gasteiger partial charge is 0.497 e. The van der Waals surface area contributed by atoms with Crippen LogP contribution in [0.5, 0.6) is 5.75 Å². The molecule has 1 atom stereocenters. The molecule has 0 aliphatic heterocycles. The van der Waals surface area contributed by atoms with Crippen LogP contribution in [0.4, 0.5) is 0 Å². The van der Waals surface area contributed by atoms with Gasteiger partial charge in [-0.25, -0.2) is 0 Å². The third-order valence-electron chi connectivity index (χ3n) is 4.01. The highest BCUT2D eigenvalue weighted by Gasteiger charge is 2.13. The van der Waals surface area contributed by atoms with Crippen molar-refractivity contribution in [1.29, 1.82) is 0 Å². The van der Waals surface area contributed by atoms with Crippen molar-refractivity contribution in [2.45, 2.75) is 18.9 Å². The third-order valence-corrected chi connectivity index (χ3v) is 6.26. The summed E-state index contributed by atoms with van der Waals surface area (Å²) in [6.07, 6.45) is 0.371. The van der Waals surface area contributed by atoms with Crippen molar-refractivity contribution >= 4 is 28.6 Å². The number of aryl methyl sites for hydroxylation is 1. The first kappa shape index (κ1) is 18.6. The van der Waals surface area contributed by atoms with Crippen LogP contribution in [-0.2, 0) is 11.2 Å². The van der Waals surface area contributed by atoms with Crippen molar-refractivity contribution in [3.8, 4) is 15.5 Å². The summed E-state index contributed by atoms with van der Waals surface area (Å²) < 4.78 is 5.12. The van der Waals surface area contributed by atoms with Gasteiger partial charge in [-0.3, -0.25) is 4.79 Å². The Morgan fingerprint density at radius 1 is 1.15 bits per heavy atom. The van der Waals surface area contributed by atoms with Gasteiger partial charge >= 0.3 is 0 Å². The number of rotatable bonds is 8. The van der Waals surface area contributed by atoms with Gasteiger partial charge in [0.25, 0.3) is 0 Å². The number of hydrogen-bond acceptors (Lipinski definition) is 5. The lowest BCUT2D eigenvalue weighted by Crippen LogP contribution is -2.28. The number of thiophene rings is 2. The third kappa shape index (κ3) is 4.94. The predicted molar refractivity (Wildman–Crippen MR) is 107 cm³/mol. The van der Waals surface area contributed by atoms with Crippen LogP contribution in [0.15, 0.2) is 53.9 Å². The summed E-state index contributed by atoms with van der Waals surface area (Å²) >= 11 is 3.24. The van der Waals surface area contributed by atoms with E-state index in [1.54, 1.807) is 29.8 Å². The van der Waals surface area contributed by atoms with Crippen molar-refractivity contribution in [3.05, 3.63) is 64.4 Å². The molecule has 3 aromatic rings. The Kier molecular flexibility index (Phi) is 6.44. The summed E-state index contributed by atoms with van der Waals surface area (Å²) in [6, 6.07) is 15.7. The lowest BCUT2D eigenvalue weighted by Gasteiger charge is -2.10. The average molecular weight is 388 g/mol. The van der Waals surface area contributed by atoms with E-state index in [1.807, 2.05) is 47.8 Å². The van der Waals surface area contributed by atoms with E-state index in [0.717, 1.165) is 21.1 Å². The van der Waals surface area contributed by atoms with Crippen molar-refractivity contribution < 1.29 is 14.6 Å². The van der Waals surface area contributed by atoms with Crippen molar-refractivity contribution in [2.75, 3.05) is 13.7 Å². The molecule has 2 aromatic heterocycles. The van der Waals surface area contributed by atoms with E-state index in [-0.39, 0.29) is 12.5 Å². The number of carbonyl (C=O) groups is 1. The SMILES string of the molecule is COc1ccc(CCC(=O)NCC(O)c2ccc(-c3cccs3)s2)cc1. The van der Waals surface area contributed by atoms with E-state index in [2.05, 4.69) is 11.4 Å². The number of aliphatic hydroxyl groups excluding tert-OH is 1. The molecule has 0 aliphatic carbocycles. The van der Waals surface area contributed by atoms with Gasteiger partial charge in [-0.15, -0.1) is 22.7 Å². The first-order valence-corrected chi connectivity index (χ1v) is 10.1. The van der Waals surface area contributed by atoms with E-state index in [0.29, 0.717) is 12.8 Å². The maximum absolute atomic E-state index is 12.0. The Labute approximate surface area is 161 Å². The van der Waals surface area contributed by atoms with Crippen LogP contribution in [0.2, 0.25) is 0 Å². The number of nitrogens with one attached hydrogen (secondary N) is 1. The number of ether oxygens (including phenoxy) is 1. The first-order valence-electron chi connectivity index (χ1n) is 8.37. The average Bonchev–Trinajstić information content (AvgIpc) is 3.36. The summed E-state index contributed by atoms with van der Waals surface area (Å²) in [4.78, 5) is 15.2. The van der Waals surface area contributed by atoms with Gasteiger partial charge in [0.15, 0.2) is 0 Å². The van der Waals surface area contributed by atoms with Crippen LogP contribution >= 0.6 is 22.7 Å². The van der Waals surface area contributed by atoms with Crippen LogP contribution in [-0.4, -0.2) is 24.7 Å². The van der Waals surface area contributed by atoms with Gasteiger partial charge in [-0.2, -0.15) is 0 Å². The van der Waals surface area contributed by atoms with Crippen LogP contribution < -0.4 is 10.1 Å². The molecule has 0 spiro atoms. The van der Waals surface area contributed by atoms with Gasteiger partial charge in [0.2, 0.25) is 5.91 Å². The fourth-order valence-electron chi connectivity index (χ4n) is 2.53. The van der Waals surface area contributed by atoms with Gasteiger partial charge in [0.1, 0.15) is 11.9 Å². The fraction of sp³-hybridized carbons (Fsp3) is 0.250. The molecular formula is C20H21NO3S2. The van der Waals surface area contributed by atoms with E-state index in [9.17, 15) is 9.90 Å². The molecule has 1 unspecified atom stereocenters. The molecule has 0 fully saturated rings. The predicted octanol–water partition coefficient (Wildman–Crippen LogP) is 4.27. The quantitative estimate of drug-likeness (QED) is 0.607. The van der Waals surface area contributed by atoms with Crippen molar-refractivity contribution in [3.63, 3.8) is 0 Å². The maximum atomic E-state index is 12.0. The molecule has 2 heterocycles. The highest BCUT2D eigenvalue weighted by atomic mass is 32.1. The molecule has 0 bridgehead atoms. The molecule has 1 aromatic carbocycles. The zero-order valence-corrected chi connectivity index (χ0v) is 16.1. The standard InChI is InChI=1S/C20H21NO3S2/c1-24-15-7-4-14(5-8-15)6-11-20(23)21-13-16(22)17-9-10-19(26-17)18-3-2-12-25-18/h2-5,7-10,12,16,22H,6,11,13H2,1H3,(H,21,23). The Morgan fingerprint density at radius 3 is 2.65 bits per heavy atom. The van der Waals surface area contributed by atoms with Gasteiger partial charge in [-0.1, -0.05) is 18.2 Å². The topological polar surface area (TPSA) is 58.6 Å². The Morgan fingerprint density at radius 2 is 1.96 bits per heavy atom. The molecule has 3 rings (SSSR count). The van der Waals surface area contributed by atoms with Gasteiger partial charge in [0.05, 0.1) is 7.11 Å². The number of amides is 1. The second-order valence-electron chi connectivity index (χ2n) is 5.85. The second-order valence-corrected chi connectivity index (χ2v) is 7.91. The molecule has 0 radical (unpaired) electrons. The lowest BCUT2D eigenvalue weighted by molar-refractivity contribution is -0.121. The highest BCUT2D eigenvalue weighted by Crippen LogP contribution is 2.33. The van der Waals surface area contributed by atoms with Gasteiger partial charge in [-0.05, 0) is 47.7 Å². The lowest BCUT2D eigenvalue weighted by atomic mass is 10.1. The molecule has 2 N–H and O–H groups in total. The summed E-state index contributed by atoms with van der Waals surface area (Å²) in [5.41, 5.74) is 1.08. The van der Waals surface area contributed by atoms with Gasteiger partial charge < -0.3 is 15.2 Å². The van der Waals surface area contributed by atoms with E-state index < -0.39 is 6.10 Å². The van der Waals surface area contributed by atoms with E-state index in [4.69, 9.17) is 4.74 Å². The molecule has 0 aliphatic rings. The Balaban J connectivity index is 1.45. The molecule has 0 saturated carbocycles. The summed E-state index contributed by atoms with van der Waals surface area (Å²) in [5, 5.41) is 15.2. The van der Waals surface area contributed by atoms with Crippen LogP contribution in [0.3, 0.4) is 0 Å². The number of hydrogen-bond donors (Lipinski definition) is 2. The number of carbonyl (C=O) groups excluding carboxylic acids is 1. The normalized spacial score (nSPS) is 11.9. The minimum absolute atomic E-state index is 0.0603. The molecule has 4 nitrogen and oxygen atoms in total. The van der Waals surface area contributed by atoms with Crippen LogP contribution in [0, 0.1) is 0 Å². The maximum Gasteiger partial charge on any atom is 0.220 e. The van der Waals surface area contributed by atoms with Crippen LogP contribution in [0.25, 0.3) is 9.75 Å². The monoisotopic (exact) mass is 387 g/mol. The van der Waals surface area contributed by atoms with Crippen molar-refractivity contribution in [1.82, 2.24) is 5.32 Å². The second kappa shape index (κ2) is 8.98. The molecule has 1 amide bonds. The minimum atomic E-state index is -0.682. The first-order chi connectivity index (χ1) is 12.7. The minimum Gasteiger partial charge on any atom is -0.497 e. The fourth-order valence-corrected chi connectivity index (χ4v) is 4.36. The Bertz CT molecular complexity index is 825. The number of methoxy groups -OCH3 is 1. The Hall–Kier alpha value is -2.15. The summed E-state index contributed by atoms with van der Waals surface area (Å²) in [7, 11) is 1.63. The molecule has 6 heteroatoms.